The van der Waals surface area contributed by atoms with E-state index in [2.05, 4.69) is 32.7 Å². The molecule has 146 valence electrons. The van der Waals surface area contributed by atoms with Crippen LogP contribution < -0.4 is 21.1 Å². The molecule has 6 nitrogen and oxygen atoms in total. The number of guanidine groups is 2. The van der Waals surface area contributed by atoms with Crippen molar-refractivity contribution in [2.24, 2.45) is 21.5 Å². The first-order valence-corrected chi connectivity index (χ1v) is 10.3. The molecular weight excluding hydrogens is 418 g/mol. The molecule has 0 atom stereocenters. The van der Waals surface area contributed by atoms with Crippen LogP contribution in [0.3, 0.4) is 0 Å². The van der Waals surface area contributed by atoms with Crippen LogP contribution in [0, 0.1) is 6.92 Å². The Morgan fingerprint density at radius 1 is 1.00 bits per heavy atom. The second-order valence-electron chi connectivity index (χ2n) is 7.32. The SMILES string of the molecule is Cc1cc(Oc2ccc(Br)cc2)ccc1N1C(N)=NC(N)=NC12CCCCC2. The fourth-order valence-corrected chi connectivity index (χ4v) is 4.32. The minimum atomic E-state index is -0.437. The molecular formula is C21H24BrN5O. The molecule has 0 bridgehead atoms. The largest absolute Gasteiger partial charge is 0.457 e. The zero-order valence-electron chi connectivity index (χ0n) is 15.9. The van der Waals surface area contributed by atoms with E-state index in [4.69, 9.17) is 21.2 Å². The quantitative estimate of drug-likeness (QED) is 0.724. The van der Waals surface area contributed by atoms with E-state index in [9.17, 15) is 0 Å². The van der Waals surface area contributed by atoms with Crippen molar-refractivity contribution in [3.63, 3.8) is 0 Å². The lowest BCUT2D eigenvalue weighted by atomic mass is 9.87. The number of aryl methyl sites for hydroxylation is 1. The maximum absolute atomic E-state index is 6.33. The molecule has 0 aromatic heterocycles. The fourth-order valence-electron chi connectivity index (χ4n) is 4.05. The number of aliphatic imine (C=N–C) groups is 2. The van der Waals surface area contributed by atoms with Crippen molar-refractivity contribution in [2.45, 2.75) is 44.7 Å². The van der Waals surface area contributed by atoms with E-state index < -0.39 is 5.66 Å². The van der Waals surface area contributed by atoms with E-state index in [1.54, 1.807) is 0 Å². The summed E-state index contributed by atoms with van der Waals surface area (Å²) in [5, 5.41) is 0. The fraction of sp³-hybridized carbons (Fsp3) is 0.333. The molecule has 2 aromatic rings. The molecule has 0 amide bonds. The summed E-state index contributed by atoms with van der Waals surface area (Å²) in [6.07, 6.45) is 5.25. The molecule has 0 saturated heterocycles. The van der Waals surface area contributed by atoms with Crippen molar-refractivity contribution in [2.75, 3.05) is 4.90 Å². The van der Waals surface area contributed by atoms with E-state index in [1.807, 2.05) is 42.5 Å². The zero-order chi connectivity index (χ0) is 19.7. The molecule has 4 rings (SSSR count). The van der Waals surface area contributed by atoms with Crippen LogP contribution >= 0.6 is 15.9 Å². The van der Waals surface area contributed by atoms with Gasteiger partial charge >= 0.3 is 0 Å². The molecule has 2 aliphatic rings. The Labute approximate surface area is 173 Å². The third kappa shape index (κ3) is 3.58. The topological polar surface area (TPSA) is 89.2 Å². The Balaban J connectivity index is 1.66. The van der Waals surface area contributed by atoms with Crippen molar-refractivity contribution < 1.29 is 4.74 Å². The first kappa shape index (κ1) is 18.8. The summed E-state index contributed by atoms with van der Waals surface area (Å²) in [6, 6.07) is 13.8. The smallest absolute Gasteiger partial charge is 0.220 e. The predicted molar refractivity (Wildman–Crippen MR) is 117 cm³/mol. The Kier molecular flexibility index (Phi) is 5.02. The molecule has 0 radical (unpaired) electrons. The van der Waals surface area contributed by atoms with E-state index in [0.717, 1.165) is 52.9 Å². The van der Waals surface area contributed by atoms with Crippen molar-refractivity contribution in [3.05, 3.63) is 52.5 Å². The van der Waals surface area contributed by atoms with Crippen LogP contribution in [0.4, 0.5) is 5.69 Å². The summed E-state index contributed by atoms with van der Waals surface area (Å²) in [5.41, 5.74) is 13.9. The predicted octanol–water partition coefficient (Wildman–Crippen LogP) is 4.66. The highest BCUT2D eigenvalue weighted by atomic mass is 79.9. The van der Waals surface area contributed by atoms with Gasteiger partial charge in [0.15, 0.2) is 0 Å². The van der Waals surface area contributed by atoms with Gasteiger partial charge in [-0.3, -0.25) is 4.90 Å². The van der Waals surface area contributed by atoms with Crippen molar-refractivity contribution in [3.8, 4) is 11.5 Å². The summed E-state index contributed by atoms with van der Waals surface area (Å²) in [6.45, 7) is 2.05. The minimum Gasteiger partial charge on any atom is -0.457 e. The first-order valence-electron chi connectivity index (χ1n) is 9.51. The maximum atomic E-state index is 6.33. The van der Waals surface area contributed by atoms with Gasteiger partial charge in [-0.1, -0.05) is 22.4 Å². The number of anilines is 1. The number of nitrogens with two attached hydrogens (primary N) is 2. The van der Waals surface area contributed by atoms with Gasteiger partial charge in [0.05, 0.1) is 0 Å². The second kappa shape index (κ2) is 7.47. The van der Waals surface area contributed by atoms with Gasteiger partial charge in [-0.2, -0.15) is 4.99 Å². The maximum Gasteiger partial charge on any atom is 0.220 e. The van der Waals surface area contributed by atoms with Gasteiger partial charge in [-0.25, -0.2) is 4.99 Å². The molecule has 4 N–H and O–H groups in total. The Morgan fingerprint density at radius 2 is 1.68 bits per heavy atom. The lowest BCUT2D eigenvalue weighted by Gasteiger charge is -2.46. The van der Waals surface area contributed by atoms with E-state index >= 15 is 0 Å². The van der Waals surface area contributed by atoms with Crippen LogP contribution in [0.2, 0.25) is 0 Å². The highest BCUT2D eigenvalue weighted by Gasteiger charge is 2.43. The normalized spacial score (nSPS) is 18.6. The van der Waals surface area contributed by atoms with Gasteiger partial charge in [0.2, 0.25) is 11.9 Å². The van der Waals surface area contributed by atoms with Crippen LogP contribution in [-0.4, -0.2) is 17.6 Å². The lowest BCUT2D eigenvalue weighted by Crippen LogP contribution is -2.58. The summed E-state index contributed by atoms with van der Waals surface area (Å²) < 4.78 is 7.01. The van der Waals surface area contributed by atoms with Crippen LogP contribution in [0.5, 0.6) is 11.5 Å². The van der Waals surface area contributed by atoms with Crippen LogP contribution in [0.15, 0.2) is 56.9 Å². The number of rotatable bonds is 3. The molecule has 1 heterocycles. The number of ether oxygens (including phenoxy) is 1. The van der Waals surface area contributed by atoms with Crippen LogP contribution in [-0.2, 0) is 0 Å². The molecule has 1 saturated carbocycles. The van der Waals surface area contributed by atoms with Crippen LogP contribution in [0.25, 0.3) is 0 Å². The number of hydrogen-bond acceptors (Lipinski definition) is 6. The molecule has 1 aliphatic heterocycles. The summed E-state index contributed by atoms with van der Waals surface area (Å²) in [4.78, 5) is 11.0. The summed E-state index contributed by atoms with van der Waals surface area (Å²) >= 11 is 3.44. The number of halogens is 1. The van der Waals surface area contributed by atoms with E-state index in [0.29, 0.717) is 5.96 Å². The van der Waals surface area contributed by atoms with E-state index in [-0.39, 0.29) is 5.96 Å². The molecule has 2 aromatic carbocycles. The van der Waals surface area contributed by atoms with Crippen molar-refractivity contribution in [1.29, 1.82) is 0 Å². The minimum absolute atomic E-state index is 0.267. The van der Waals surface area contributed by atoms with Gasteiger partial charge < -0.3 is 16.2 Å². The third-order valence-electron chi connectivity index (χ3n) is 5.31. The molecule has 7 heteroatoms. The van der Waals surface area contributed by atoms with Gasteiger partial charge in [0.1, 0.15) is 17.2 Å². The molecule has 1 aliphatic carbocycles. The second-order valence-corrected chi connectivity index (χ2v) is 8.24. The van der Waals surface area contributed by atoms with Crippen molar-refractivity contribution in [1.82, 2.24) is 0 Å². The standard InChI is InChI=1S/C21H24BrN5O/c1-14-13-17(28-16-7-5-15(22)6-8-16)9-10-18(14)27-20(24)25-19(23)26-21(27)11-3-2-4-12-21/h5-10,13H,2-4,11-12H2,1H3,(H4,23,24,25,26). The Morgan fingerprint density at radius 3 is 2.36 bits per heavy atom. The molecule has 28 heavy (non-hydrogen) atoms. The zero-order valence-corrected chi connectivity index (χ0v) is 17.4. The van der Waals surface area contributed by atoms with Gasteiger partial charge in [0.25, 0.3) is 0 Å². The van der Waals surface area contributed by atoms with Gasteiger partial charge in [0, 0.05) is 10.2 Å². The van der Waals surface area contributed by atoms with Gasteiger partial charge in [-0.05, 0) is 80.6 Å². The molecule has 1 spiro atoms. The lowest BCUT2D eigenvalue weighted by molar-refractivity contribution is 0.305. The van der Waals surface area contributed by atoms with Crippen LogP contribution in [0.1, 0.15) is 37.7 Å². The Bertz CT molecular complexity index is 932. The van der Waals surface area contributed by atoms with E-state index in [1.165, 1.54) is 6.42 Å². The number of nitrogens with zero attached hydrogens (tertiary/aromatic N) is 3. The molecule has 0 unspecified atom stereocenters. The summed E-state index contributed by atoms with van der Waals surface area (Å²) in [5.74, 6) is 2.23. The van der Waals surface area contributed by atoms with Gasteiger partial charge in [-0.15, -0.1) is 0 Å². The number of hydrogen-bond donors (Lipinski definition) is 2. The summed E-state index contributed by atoms with van der Waals surface area (Å²) in [7, 11) is 0. The monoisotopic (exact) mass is 441 g/mol. The van der Waals surface area contributed by atoms with Crippen molar-refractivity contribution >= 4 is 33.5 Å². The Hall–Kier alpha value is -2.54. The number of benzene rings is 2. The average Bonchev–Trinajstić information content (AvgIpc) is 2.65. The third-order valence-corrected chi connectivity index (χ3v) is 5.84. The molecule has 1 fully saturated rings. The highest BCUT2D eigenvalue weighted by molar-refractivity contribution is 9.10. The first-order chi connectivity index (χ1) is 13.5. The average molecular weight is 442 g/mol. The highest BCUT2D eigenvalue weighted by Crippen LogP contribution is 2.41.